The molecule has 6 heteroatoms. The van der Waals surface area contributed by atoms with E-state index in [1.54, 1.807) is 13.2 Å². The summed E-state index contributed by atoms with van der Waals surface area (Å²) in [6.45, 7) is 0.358. The van der Waals surface area contributed by atoms with Crippen molar-refractivity contribution in [3.8, 4) is 5.75 Å². The summed E-state index contributed by atoms with van der Waals surface area (Å²) in [4.78, 5) is 19.5. The van der Waals surface area contributed by atoms with E-state index in [1.165, 1.54) is 25.5 Å². The number of benzene rings is 1. The Hall–Kier alpha value is -3.15. The molecule has 1 aromatic carbocycles. The van der Waals surface area contributed by atoms with Gasteiger partial charge in [-0.05, 0) is 48.6 Å². The molecule has 2 heterocycles. The van der Waals surface area contributed by atoms with Gasteiger partial charge in [0, 0.05) is 37.3 Å². The fraction of sp³-hybridized carbons (Fsp3) is 0.375. The molecule has 156 valence electrons. The van der Waals surface area contributed by atoms with Crippen LogP contribution in [0.4, 0.5) is 0 Å². The topological polar surface area (TPSA) is 78.3 Å². The summed E-state index contributed by atoms with van der Waals surface area (Å²) in [5.41, 5.74) is 4.25. The van der Waals surface area contributed by atoms with Crippen LogP contribution in [0.1, 0.15) is 59.3 Å². The lowest BCUT2D eigenvalue weighted by Crippen LogP contribution is -2.46. The maximum absolute atomic E-state index is 13.1. The summed E-state index contributed by atoms with van der Waals surface area (Å²) in [6.07, 6.45) is 11.3. The summed E-state index contributed by atoms with van der Waals surface area (Å²) in [5, 5.41) is 10.4. The first kappa shape index (κ1) is 20.1. The Morgan fingerprint density at radius 1 is 1.23 bits per heavy atom. The maximum atomic E-state index is 13.1. The van der Waals surface area contributed by atoms with E-state index < -0.39 is 0 Å². The number of hydrogen-bond acceptors (Lipinski definition) is 5. The minimum atomic E-state index is 0.0892. The van der Waals surface area contributed by atoms with Crippen molar-refractivity contribution >= 4 is 17.7 Å². The minimum absolute atomic E-state index is 0.0892. The number of ether oxygens (including phenoxy) is 1. The van der Waals surface area contributed by atoms with Crippen molar-refractivity contribution in [3.05, 3.63) is 65.1 Å². The first-order valence-electron chi connectivity index (χ1n) is 10.6. The molecule has 2 aromatic rings. The zero-order chi connectivity index (χ0) is 20.9. The van der Waals surface area contributed by atoms with E-state index in [1.807, 2.05) is 41.4 Å². The van der Waals surface area contributed by atoms with Gasteiger partial charge >= 0.3 is 0 Å². The first-order valence-corrected chi connectivity index (χ1v) is 10.6. The van der Waals surface area contributed by atoms with Crippen molar-refractivity contribution < 1.29 is 9.53 Å². The lowest BCUT2D eigenvalue weighted by molar-refractivity contribution is 0.0319. The third-order valence-electron chi connectivity index (χ3n) is 5.89. The van der Waals surface area contributed by atoms with Crippen LogP contribution in [0.5, 0.6) is 5.75 Å². The molecule has 1 fully saturated rings. The Labute approximate surface area is 177 Å². The molecule has 0 spiro atoms. The van der Waals surface area contributed by atoms with Gasteiger partial charge in [0.25, 0.3) is 5.91 Å². The average Bonchev–Trinajstić information content (AvgIpc) is 2.79. The number of carbonyl (C=O) groups is 1. The highest BCUT2D eigenvalue weighted by atomic mass is 16.5. The van der Waals surface area contributed by atoms with Crippen LogP contribution in [-0.4, -0.2) is 41.8 Å². The van der Waals surface area contributed by atoms with E-state index in [-0.39, 0.29) is 5.91 Å². The molecule has 1 aliphatic carbocycles. The Kier molecular flexibility index (Phi) is 6.12. The second kappa shape index (κ2) is 9.11. The van der Waals surface area contributed by atoms with Gasteiger partial charge < -0.3 is 20.4 Å². The Bertz CT molecular complexity index is 946. The van der Waals surface area contributed by atoms with Gasteiger partial charge in [0.1, 0.15) is 5.75 Å². The maximum Gasteiger partial charge on any atom is 0.260 e. The third kappa shape index (κ3) is 4.22. The van der Waals surface area contributed by atoms with E-state index in [4.69, 9.17) is 10.1 Å². The van der Waals surface area contributed by atoms with E-state index in [0.29, 0.717) is 30.5 Å². The summed E-state index contributed by atoms with van der Waals surface area (Å²) < 4.78 is 5.90. The third-order valence-corrected chi connectivity index (χ3v) is 5.89. The molecule has 6 nitrogen and oxygen atoms in total. The second-order valence-corrected chi connectivity index (χ2v) is 7.93. The Balaban J connectivity index is 1.50. The highest BCUT2D eigenvalue weighted by molar-refractivity contribution is 6.07. The molecule has 1 saturated carbocycles. The molecule has 0 unspecified atom stereocenters. The molecular formula is C24H28N4O2. The zero-order valence-electron chi connectivity index (χ0n) is 17.4. The van der Waals surface area contributed by atoms with E-state index in [9.17, 15) is 4.79 Å². The zero-order valence-corrected chi connectivity index (χ0v) is 17.4. The van der Waals surface area contributed by atoms with E-state index >= 15 is 0 Å². The lowest BCUT2D eigenvalue weighted by atomic mass is 9.93. The average molecular weight is 405 g/mol. The highest BCUT2D eigenvalue weighted by Gasteiger charge is 2.32. The quantitative estimate of drug-likeness (QED) is 0.713. The number of amides is 1. The molecule has 0 saturated heterocycles. The molecule has 1 aromatic heterocycles. The second-order valence-electron chi connectivity index (χ2n) is 7.93. The van der Waals surface area contributed by atoms with Crippen molar-refractivity contribution in [1.82, 2.24) is 15.2 Å². The van der Waals surface area contributed by atoms with Crippen molar-refractivity contribution in [1.29, 1.82) is 5.41 Å². The van der Waals surface area contributed by atoms with Gasteiger partial charge in [-0.2, -0.15) is 0 Å². The van der Waals surface area contributed by atoms with Crippen LogP contribution >= 0.6 is 0 Å². The molecule has 0 bridgehead atoms. The van der Waals surface area contributed by atoms with Crippen LogP contribution in [0.15, 0.2) is 42.7 Å². The van der Waals surface area contributed by atoms with Crippen LogP contribution in [0.25, 0.3) is 5.57 Å². The van der Waals surface area contributed by atoms with Gasteiger partial charge in [-0.15, -0.1) is 0 Å². The fourth-order valence-electron chi connectivity index (χ4n) is 4.28. The number of aromatic nitrogens is 1. The molecule has 30 heavy (non-hydrogen) atoms. The van der Waals surface area contributed by atoms with Crippen LogP contribution in [0.2, 0.25) is 0 Å². The number of carbonyl (C=O) groups excluding carboxylic acids is 1. The summed E-state index contributed by atoms with van der Waals surface area (Å²) in [5.74, 6) is 0.767. The summed E-state index contributed by atoms with van der Waals surface area (Å²) in [6, 6.07) is 10.1. The van der Waals surface area contributed by atoms with Gasteiger partial charge in [0.2, 0.25) is 0 Å². The summed E-state index contributed by atoms with van der Waals surface area (Å²) in [7, 11) is 1.80. The number of nitrogens with zero attached hydrogens (tertiary/aromatic N) is 2. The van der Waals surface area contributed by atoms with Crippen LogP contribution in [-0.2, 0) is 6.42 Å². The van der Waals surface area contributed by atoms with Gasteiger partial charge in [-0.1, -0.05) is 31.4 Å². The number of fused-ring (bicyclic) bond motifs is 1. The van der Waals surface area contributed by atoms with E-state index in [2.05, 4.69) is 10.3 Å². The van der Waals surface area contributed by atoms with Gasteiger partial charge in [-0.3, -0.25) is 9.78 Å². The standard InChI is InChI=1S/C24H28N4O2/c1-26-15-19(13-25)22-9-7-18(14-27-22)11-17-8-10-23-21(12-17)24(29)28(16-30-23)20-5-3-2-4-6-20/h7-10,12-15,20,25-26H,2-6,11,16H2,1H3/b19-15+,25-13?. The molecule has 1 aliphatic heterocycles. The lowest BCUT2D eigenvalue weighted by Gasteiger charge is -2.37. The Morgan fingerprint density at radius 2 is 2.03 bits per heavy atom. The molecule has 2 N–H and O–H groups in total. The predicted molar refractivity (Wildman–Crippen MR) is 118 cm³/mol. The molecule has 1 amide bonds. The van der Waals surface area contributed by atoms with Crippen molar-refractivity contribution in [2.45, 2.75) is 44.6 Å². The van der Waals surface area contributed by atoms with Crippen LogP contribution < -0.4 is 10.1 Å². The van der Waals surface area contributed by atoms with Crippen molar-refractivity contribution in [3.63, 3.8) is 0 Å². The first-order chi connectivity index (χ1) is 14.7. The number of pyridine rings is 1. The van der Waals surface area contributed by atoms with Crippen molar-refractivity contribution in [2.24, 2.45) is 0 Å². The number of allylic oxidation sites excluding steroid dienone is 1. The largest absolute Gasteiger partial charge is 0.472 e. The van der Waals surface area contributed by atoms with Gasteiger partial charge in [0.15, 0.2) is 6.73 Å². The molecular weight excluding hydrogens is 376 g/mol. The predicted octanol–water partition coefficient (Wildman–Crippen LogP) is 4.01. The summed E-state index contributed by atoms with van der Waals surface area (Å²) >= 11 is 0. The minimum Gasteiger partial charge on any atom is -0.472 e. The highest BCUT2D eigenvalue weighted by Crippen LogP contribution is 2.31. The van der Waals surface area contributed by atoms with Crippen molar-refractivity contribution in [2.75, 3.05) is 13.8 Å². The number of rotatable bonds is 6. The monoisotopic (exact) mass is 404 g/mol. The number of nitrogens with one attached hydrogen (secondary N) is 2. The fourth-order valence-corrected chi connectivity index (χ4v) is 4.28. The molecule has 0 radical (unpaired) electrons. The molecule has 2 aliphatic rings. The molecule has 0 atom stereocenters. The smallest absolute Gasteiger partial charge is 0.260 e. The molecule has 4 rings (SSSR count). The van der Waals surface area contributed by atoms with E-state index in [0.717, 1.165) is 35.2 Å². The Morgan fingerprint density at radius 3 is 2.73 bits per heavy atom. The van der Waals surface area contributed by atoms with Gasteiger partial charge in [0.05, 0.1) is 11.3 Å². The number of hydrogen-bond donors (Lipinski definition) is 2. The SMILES string of the molecule is CN/C=C(\C=N)c1ccc(Cc2ccc3c(c2)C(=O)N(C2CCCCC2)CO3)cn1. The van der Waals surface area contributed by atoms with Gasteiger partial charge in [-0.25, -0.2) is 0 Å². The van der Waals surface area contributed by atoms with Crippen LogP contribution in [0, 0.1) is 5.41 Å². The van der Waals surface area contributed by atoms with Crippen LogP contribution in [0.3, 0.4) is 0 Å². The normalized spacial score (nSPS) is 17.3.